The van der Waals surface area contributed by atoms with Gasteiger partial charge >= 0.3 is 0 Å². The number of hydroxylamine groups is 1. The number of sulfonamides is 1. The third kappa shape index (κ3) is 5.04. The van der Waals surface area contributed by atoms with Crippen molar-refractivity contribution < 1.29 is 37.4 Å². The molecule has 186 valence electrons. The van der Waals surface area contributed by atoms with Crippen molar-refractivity contribution >= 4 is 27.7 Å². The third-order valence-corrected chi connectivity index (χ3v) is 8.63. The number of thioether (sulfide) groups is 1. The molecule has 1 aliphatic heterocycles. The van der Waals surface area contributed by atoms with E-state index in [0.717, 1.165) is 4.31 Å². The van der Waals surface area contributed by atoms with E-state index in [-0.39, 0.29) is 11.4 Å². The predicted octanol–water partition coefficient (Wildman–Crippen LogP) is 2.89. The van der Waals surface area contributed by atoms with Gasteiger partial charge in [-0.25, -0.2) is 13.9 Å². The van der Waals surface area contributed by atoms with Gasteiger partial charge in [0.2, 0.25) is 15.8 Å². The number of rotatable bonds is 8. The zero-order valence-electron chi connectivity index (χ0n) is 19.5. The number of methoxy groups -OCH3 is 3. The summed E-state index contributed by atoms with van der Waals surface area (Å²) in [4.78, 5) is 12.4. The van der Waals surface area contributed by atoms with Crippen LogP contribution in [0.4, 0.5) is 0 Å². The van der Waals surface area contributed by atoms with E-state index in [1.807, 2.05) is 0 Å². The Morgan fingerprint density at radius 3 is 2.15 bits per heavy atom. The summed E-state index contributed by atoms with van der Waals surface area (Å²) in [5.41, 5.74) is 1.60. The van der Waals surface area contributed by atoms with Crippen molar-refractivity contribution in [3.05, 3.63) is 36.4 Å². The average Bonchev–Trinajstić information content (AvgIpc) is 2.82. The second kappa shape index (κ2) is 10.3. The fourth-order valence-corrected chi connectivity index (χ4v) is 6.89. The van der Waals surface area contributed by atoms with Gasteiger partial charge in [0.15, 0.2) is 11.5 Å². The summed E-state index contributed by atoms with van der Waals surface area (Å²) in [7, 11) is 0.459. The number of nitrogens with one attached hydrogen (secondary N) is 1. The maximum Gasteiger partial charge on any atom is 0.263 e. The third-order valence-electron chi connectivity index (χ3n) is 5.40. The normalized spacial score (nSPS) is 18.1. The SMILES string of the molecule is COc1cc(Oc2ccc(S(=O)(=O)N3CCSC(C)(C)[C@@H]3C(=O)NO)cc2)cc(OC)c1OC. The fraction of sp³-hybridized carbons (Fsp3) is 0.409. The second-order valence-electron chi connectivity index (χ2n) is 7.88. The summed E-state index contributed by atoms with van der Waals surface area (Å²) in [6, 6.07) is 8.02. The van der Waals surface area contributed by atoms with Crippen LogP contribution in [0.15, 0.2) is 41.3 Å². The first-order valence-electron chi connectivity index (χ1n) is 10.3. The number of amides is 1. The molecular formula is C22H28N2O8S2. The minimum atomic E-state index is -4.02. The topological polar surface area (TPSA) is 124 Å². The Balaban J connectivity index is 1.88. The van der Waals surface area contributed by atoms with Crippen LogP contribution < -0.4 is 24.4 Å². The van der Waals surface area contributed by atoms with Crippen LogP contribution in [0.5, 0.6) is 28.7 Å². The van der Waals surface area contributed by atoms with Crippen molar-refractivity contribution in [2.45, 2.75) is 29.5 Å². The highest BCUT2D eigenvalue weighted by atomic mass is 32.2. The summed E-state index contributed by atoms with van der Waals surface area (Å²) in [5.74, 6) is 1.77. The molecule has 34 heavy (non-hydrogen) atoms. The molecule has 0 aromatic heterocycles. The molecule has 0 bridgehead atoms. The molecule has 1 amide bonds. The molecule has 0 unspecified atom stereocenters. The fourth-order valence-electron chi connectivity index (χ4n) is 3.79. The summed E-state index contributed by atoms with van der Waals surface area (Å²) < 4.78 is 49.0. The minimum Gasteiger partial charge on any atom is -0.493 e. The zero-order chi connectivity index (χ0) is 25.1. The van der Waals surface area contributed by atoms with E-state index in [0.29, 0.717) is 34.5 Å². The lowest BCUT2D eigenvalue weighted by Gasteiger charge is -2.43. The maximum absolute atomic E-state index is 13.4. The van der Waals surface area contributed by atoms with Crippen LogP contribution in [0.2, 0.25) is 0 Å². The molecule has 1 heterocycles. The Bertz CT molecular complexity index is 1110. The molecule has 2 aromatic carbocycles. The van der Waals surface area contributed by atoms with E-state index in [1.54, 1.807) is 31.5 Å². The van der Waals surface area contributed by atoms with Crippen molar-refractivity contribution in [2.75, 3.05) is 33.6 Å². The lowest BCUT2D eigenvalue weighted by molar-refractivity contribution is -0.134. The van der Waals surface area contributed by atoms with Gasteiger partial charge in [-0.1, -0.05) is 0 Å². The molecule has 2 N–H and O–H groups in total. The Kier molecular flexibility index (Phi) is 7.86. The van der Waals surface area contributed by atoms with E-state index in [4.69, 9.17) is 18.9 Å². The maximum atomic E-state index is 13.4. The van der Waals surface area contributed by atoms with E-state index < -0.39 is 26.7 Å². The van der Waals surface area contributed by atoms with Gasteiger partial charge in [0, 0.05) is 29.2 Å². The number of carbonyl (C=O) groups excluding carboxylic acids is 1. The quantitative estimate of drug-likeness (QED) is 0.406. The monoisotopic (exact) mass is 512 g/mol. The van der Waals surface area contributed by atoms with Gasteiger partial charge in [-0.2, -0.15) is 16.1 Å². The molecule has 1 atom stereocenters. The Morgan fingerprint density at radius 2 is 1.65 bits per heavy atom. The van der Waals surface area contributed by atoms with Gasteiger partial charge < -0.3 is 18.9 Å². The molecule has 3 rings (SSSR count). The molecule has 1 saturated heterocycles. The van der Waals surface area contributed by atoms with Gasteiger partial charge in [0.1, 0.15) is 17.5 Å². The molecule has 1 aliphatic rings. The van der Waals surface area contributed by atoms with Crippen molar-refractivity contribution in [2.24, 2.45) is 0 Å². The second-order valence-corrected chi connectivity index (χ2v) is 11.5. The first-order chi connectivity index (χ1) is 16.1. The van der Waals surface area contributed by atoms with Gasteiger partial charge in [0.25, 0.3) is 5.91 Å². The van der Waals surface area contributed by atoms with E-state index in [2.05, 4.69) is 0 Å². The van der Waals surface area contributed by atoms with Crippen LogP contribution in [0, 0.1) is 0 Å². The molecule has 2 aromatic rings. The number of hydrogen-bond donors (Lipinski definition) is 2. The molecule has 10 nitrogen and oxygen atoms in total. The van der Waals surface area contributed by atoms with Crippen molar-refractivity contribution in [3.8, 4) is 28.7 Å². The first kappa shape index (κ1) is 25.9. The highest BCUT2D eigenvalue weighted by Crippen LogP contribution is 2.42. The Hall–Kier alpha value is -2.67. The highest BCUT2D eigenvalue weighted by Gasteiger charge is 2.48. The molecule has 0 aliphatic carbocycles. The summed E-state index contributed by atoms with van der Waals surface area (Å²) in [6.07, 6.45) is 0. The first-order valence-corrected chi connectivity index (χ1v) is 12.7. The van der Waals surface area contributed by atoms with Crippen LogP contribution in [-0.2, 0) is 14.8 Å². The predicted molar refractivity (Wildman–Crippen MR) is 127 cm³/mol. The van der Waals surface area contributed by atoms with Gasteiger partial charge in [0.05, 0.1) is 26.2 Å². The summed E-state index contributed by atoms with van der Waals surface area (Å²) >= 11 is 1.47. The summed E-state index contributed by atoms with van der Waals surface area (Å²) in [6.45, 7) is 3.68. The van der Waals surface area contributed by atoms with Crippen molar-refractivity contribution in [3.63, 3.8) is 0 Å². The summed E-state index contributed by atoms with van der Waals surface area (Å²) in [5, 5.41) is 9.19. The lowest BCUT2D eigenvalue weighted by Crippen LogP contribution is -2.61. The molecule has 0 radical (unpaired) electrons. The Morgan fingerprint density at radius 1 is 1.06 bits per heavy atom. The van der Waals surface area contributed by atoms with Gasteiger partial charge in [-0.3, -0.25) is 10.0 Å². The number of benzene rings is 2. The van der Waals surface area contributed by atoms with Crippen molar-refractivity contribution in [1.29, 1.82) is 0 Å². The molecule has 1 fully saturated rings. The van der Waals surface area contributed by atoms with Crippen molar-refractivity contribution in [1.82, 2.24) is 9.79 Å². The smallest absolute Gasteiger partial charge is 0.263 e. The lowest BCUT2D eigenvalue weighted by atomic mass is 10.0. The van der Waals surface area contributed by atoms with Crippen LogP contribution in [0.1, 0.15) is 13.8 Å². The zero-order valence-corrected chi connectivity index (χ0v) is 21.2. The number of carbonyl (C=O) groups is 1. The van der Waals surface area contributed by atoms with E-state index >= 15 is 0 Å². The van der Waals surface area contributed by atoms with E-state index in [9.17, 15) is 18.4 Å². The Labute approximate surface area is 203 Å². The molecule has 0 saturated carbocycles. The number of nitrogens with zero attached hydrogens (tertiary/aromatic N) is 1. The van der Waals surface area contributed by atoms with Gasteiger partial charge in [-0.05, 0) is 38.1 Å². The highest BCUT2D eigenvalue weighted by molar-refractivity contribution is 8.00. The number of hydrogen-bond acceptors (Lipinski definition) is 9. The standard InChI is InChI=1S/C22H28N2O8S2/c1-22(2)20(21(25)23-26)24(10-11-33-22)34(27,28)16-8-6-14(7-9-16)32-15-12-17(29-3)19(31-5)18(13-15)30-4/h6-9,12-13,20,26H,10-11H2,1-5H3,(H,23,25)/t20-/m0/s1. The number of ether oxygens (including phenoxy) is 4. The van der Waals surface area contributed by atoms with Crippen LogP contribution >= 0.6 is 11.8 Å². The molecule has 0 spiro atoms. The average molecular weight is 513 g/mol. The molecular weight excluding hydrogens is 484 g/mol. The van der Waals surface area contributed by atoms with Crippen LogP contribution in [0.3, 0.4) is 0 Å². The molecule has 12 heteroatoms. The largest absolute Gasteiger partial charge is 0.493 e. The van der Waals surface area contributed by atoms with Gasteiger partial charge in [-0.15, -0.1) is 0 Å². The minimum absolute atomic E-state index is 0.00295. The van der Waals surface area contributed by atoms with E-state index in [1.165, 1.54) is 57.4 Å². The van der Waals surface area contributed by atoms with Crippen LogP contribution in [0.25, 0.3) is 0 Å². The van der Waals surface area contributed by atoms with Crippen LogP contribution in [-0.4, -0.2) is 68.3 Å².